The molecule has 12 aromatic rings. The van der Waals surface area contributed by atoms with Crippen LogP contribution in [0.4, 0.5) is 0 Å². The Balaban J connectivity index is 0.0000000995. The summed E-state index contributed by atoms with van der Waals surface area (Å²) in [5.41, 5.74) is 28.7. The van der Waals surface area contributed by atoms with Crippen LogP contribution in [0.3, 0.4) is 0 Å². The summed E-state index contributed by atoms with van der Waals surface area (Å²) >= 11 is 0. The first-order valence-electron chi connectivity index (χ1n) is 53.0. The normalized spacial score (nSPS) is 39.3. The molecule has 12 aromatic carbocycles. The van der Waals surface area contributed by atoms with E-state index in [-0.39, 0.29) is 59.6 Å². The second-order valence-corrected chi connectivity index (χ2v) is 52.6. The van der Waals surface area contributed by atoms with Crippen molar-refractivity contribution >= 4 is 0 Å². The van der Waals surface area contributed by atoms with E-state index >= 15 is 0 Å². The van der Waals surface area contributed by atoms with E-state index in [4.69, 9.17) is 0 Å². The largest absolute Gasteiger partial charge is 0.103 e. The Labute approximate surface area is 816 Å². The van der Waals surface area contributed by atoms with Crippen molar-refractivity contribution in [1.82, 2.24) is 0 Å². The van der Waals surface area contributed by atoms with Gasteiger partial charge in [-0.3, -0.25) is 0 Å². The SMILES string of the molecule is C(#CC12CC3(c4ccccc4)CC(c4ccccc4)(C1)CC(c1ccccc1)(C2)C3)c1ccccc1.C=C(C)C12CC3(c4ccccc4)CC(c4ccccc4)(C1)CC(c1ccccc1)(C2)C3.C=CCC12CC3(c4ccccc4)CC(c4ccccc4)(C1)CC(c1ccccc1)(C2)C3.CC12CC3(C)CC(C)(C1)CC(c1ccc(-c4ccc(C56CC7(C)CC(C)(CC(C)(C7)C5)C6)cc4)cc1)(C2)C3. The summed E-state index contributed by atoms with van der Waals surface area (Å²) in [6, 6.07) is 134. The van der Waals surface area contributed by atoms with E-state index in [1.54, 1.807) is 44.5 Å². The molecule has 0 aromatic heterocycles. The lowest BCUT2D eigenvalue weighted by atomic mass is 9.32. The molecule has 20 fully saturated rings. The molecule has 136 heavy (non-hydrogen) atoms. The molecule has 0 saturated heterocycles. The summed E-state index contributed by atoms with van der Waals surface area (Å²) in [7, 11) is 0. The lowest BCUT2D eigenvalue weighted by molar-refractivity contribution is -0.152. The highest BCUT2D eigenvalue weighted by molar-refractivity contribution is 5.65. The smallest absolute Gasteiger partial charge is 0.0343 e. The minimum absolute atomic E-state index is 0.00782. The van der Waals surface area contributed by atoms with Crippen LogP contribution in [0.2, 0.25) is 0 Å². The first-order valence-corrected chi connectivity index (χ1v) is 53.0. The van der Waals surface area contributed by atoms with Crippen LogP contribution in [0.5, 0.6) is 0 Å². The first kappa shape index (κ1) is 88.4. The summed E-state index contributed by atoms with van der Waals surface area (Å²) < 4.78 is 0. The predicted octanol–water partition coefficient (Wildman–Crippen LogP) is 34.3. The van der Waals surface area contributed by atoms with Crippen molar-refractivity contribution in [2.45, 2.75) is 307 Å². The van der Waals surface area contributed by atoms with Crippen LogP contribution >= 0.6 is 0 Å². The molecule has 0 radical (unpaired) electrons. The number of benzene rings is 12. The standard InChI is InChI=1S/C38H50.C36H32.2C31H32/c1-31-15-32(2)17-33(3,16-31)23-37(21-31,22-32)29-11-7-27(8-12-29)28-9-13-30(14-10-28)38-24-34(4)18-35(5,25-38)20-36(6,19-34)26-38;1-5-13-29(14-6-1)21-22-33-23-34(30-15-7-2-8-16-30)26-35(24-33,31-17-9-3-10-18-31)28-36(25-33,27-34)32-19-11-4-12-20-32;1-24(2)28-18-29(25-12-6-3-7-13-25)21-30(19-28,26-14-8-4-9-15-26)23-31(20-28,22-29)27-16-10-5-11-17-27;1-2-18-28-19-29(25-12-6-3-7-13-25)22-30(20-28,26-14-8-4-9-15-26)24-31(21-28,23-29)27-16-10-5-11-17-27/h7-14H,15-26H2,1-6H3;1-20H,23-28H2;3-17H,1,18-23H2,2H3;2-17H,1,18-24H2. The van der Waals surface area contributed by atoms with E-state index in [2.05, 4.69) is 431 Å². The Bertz CT molecular complexity index is 5870. The van der Waals surface area contributed by atoms with Gasteiger partial charge >= 0.3 is 0 Å². The molecule has 0 amide bonds. The van der Waals surface area contributed by atoms with Gasteiger partial charge in [-0.25, -0.2) is 0 Å². The molecule has 0 atom stereocenters. The lowest BCUT2D eigenvalue weighted by Crippen LogP contribution is -2.65. The zero-order valence-corrected chi connectivity index (χ0v) is 82.9. The van der Waals surface area contributed by atoms with Gasteiger partial charge in [0.2, 0.25) is 0 Å². The maximum absolute atomic E-state index is 4.62. The van der Waals surface area contributed by atoms with Crippen LogP contribution in [0.15, 0.2) is 377 Å². The molecule has 0 aliphatic heterocycles. The third kappa shape index (κ3) is 14.7. The summed E-state index contributed by atoms with van der Waals surface area (Å²) in [6.45, 7) is 26.8. The second kappa shape index (κ2) is 31.3. The van der Waals surface area contributed by atoms with Crippen molar-refractivity contribution in [2.24, 2.45) is 48.7 Å². The Kier molecular flexibility index (Phi) is 20.4. The fourth-order valence-corrected chi connectivity index (χ4v) is 41.1. The molecular formula is C136H146. The van der Waals surface area contributed by atoms with Gasteiger partial charge in [-0.2, -0.15) is 0 Å². The molecule has 690 valence electrons. The monoisotopic (exact) mass is 1780 g/mol. The van der Waals surface area contributed by atoms with Gasteiger partial charge in [-0.05, 0) is 393 Å². The molecule has 0 spiro atoms. The third-order valence-corrected chi connectivity index (χ3v) is 40.5. The van der Waals surface area contributed by atoms with E-state index in [0.29, 0.717) is 48.7 Å². The second-order valence-electron chi connectivity index (χ2n) is 52.6. The quantitative estimate of drug-likeness (QED) is 0.0709. The topological polar surface area (TPSA) is 0 Å². The number of allylic oxidation sites excluding steroid dienone is 2. The number of hydrogen-bond acceptors (Lipinski definition) is 0. The third-order valence-electron chi connectivity index (χ3n) is 40.5. The molecule has 20 aliphatic carbocycles. The molecule has 0 heteroatoms. The van der Waals surface area contributed by atoms with E-state index < -0.39 is 0 Å². The van der Waals surface area contributed by atoms with E-state index in [0.717, 1.165) is 31.2 Å². The van der Waals surface area contributed by atoms with Gasteiger partial charge in [0.1, 0.15) is 0 Å². The highest BCUT2D eigenvalue weighted by atomic mass is 14.8. The highest BCUT2D eigenvalue weighted by Crippen LogP contribution is 2.81. The Hall–Kier alpha value is -10.3. The van der Waals surface area contributed by atoms with Gasteiger partial charge in [0.05, 0.1) is 0 Å². The molecule has 0 nitrogen and oxygen atoms in total. The van der Waals surface area contributed by atoms with E-state index in [1.807, 2.05) is 0 Å². The van der Waals surface area contributed by atoms with Crippen LogP contribution in [0.25, 0.3) is 11.1 Å². The fourth-order valence-electron chi connectivity index (χ4n) is 41.1. The summed E-state index contributed by atoms with van der Waals surface area (Å²) in [5, 5.41) is 0. The Morgan fingerprint density at radius 3 is 0.610 bits per heavy atom. The van der Waals surface area contributed by atoms with Crippen LogP contribution in [0, 0.1) is 60.6 Å². The van der Waals surface area contributed by atoms with Gasteiger partial charge in [-0.1, -0.05) is 411 Å². The van der Waals surface area contributed by atoms with Crippen molar-refractivity contribution < 1.29 is 0 Å². The van der Waals surface area contributed by atoms with Crippen molar-refractivity contribution in [3.05, 3.63) is 443 Å². The Morgan fingerprint density at radius 2 is 0.404 bits per heavy atom. The summed E-state index contributed by atoms with van der Waals surface area (Å²) in [6.07, 6.45) is 42.8. The molecule has 0 heterocycles. The van der Waals surface area contributed by atoms with Gasteiger partial charge in [0.25, 0.3) is 0 Å². The van der Waals surface area contributed by atoms with Crippen LogP contribution in [0.1, 0.15) is 314 Å². The van der Waals surface area contributed by atoms with Crippen LogP contribution in [-0.4, -0.2) is 0 Å². The average Bonchev–Trinajstić information content (AvgIpc) is 0.658. The van der Waals surface area contributed by atoms with Crippen molar-refractivity contribution in [1.29, 1.82) is 0 Å². The molecular weight excluding hydrogens is 1630 g/mol. The molecule has 20 aliphatic rings. The minimum atomic E-state index is -0.00782. The summed E-state index contributed by atoms with van der Waals surface area (Å²) in [4.78, 5) is 0. The van der Waals surface area contributed by atoms with Crippen LogP contribution < -0.4 is 0 Å². The average molecular weight is 1780 g/mol. The zero-order chi connectivity index (χ0) is 92.7. The van der Waals surface area contributed by atoms with E-state index in [9.17, 15) is 0 Å². The van der Waals surface area contributed by atoms with Gasteiger partial charge in [0, 0.05) is 11.0 Å². The van der Waals surface area contributed by atoms with Crippen molar-refractivity contribution in [2.75, 3.05) is 0 Å². The maximum atomic E-state index is 4.62. The van der Waals surface area contributed by atoms with Crippen molar-refractivity contribution in [3.63, 3.8) is 0 Å². The van der Waals surface area contributed by atoms with Gasteiger partial charge in [-0.15, -0.1) is 6.58 Å². The summed E-state index contributed by atoms with van der Waals surface area (Å²) in [5.74, 6) is 7.63. The molecule has 0 N–H and O–H groups in total. The molecule has 0 unspecified atom stereocenters. The van der Waals surface area contributed by atoms with Gasteiger partial charge in [0.15, 0.2) is 0 Å². The molecule has 32 rings (SSSR count). The zero-order valence-electron chi connectivity index (χ0n) is 82.9. The lowest BCUT2D eigenvalue weighted by Gasteiger charge is -2.71. The maximum Gasteiger partial charge on any atom is 0.0343 e. The molecule has 20 bridgehead atoms. The minimum Gasteiger partial charge on any atom is -0.103 e. The van der Waals surface area contributed by atoms with Crippen LogP contribution in [-0.2, 0) is 59.6 Å². The first-order chi connectivity index (χ1) is 65.4. The van der Waals surface area contributed by atoms with E-state index in [1.165, 1.54) is 207 Å². The molecule has 20 saturated carbocycles. The van der Waals surface area contributed by atoms with Crippen molar-refractivity contribution in [3.8, 4) is 23.0 Å². The van der Waals surface area contributed by atoms with Gasteiger partial charge < -0.3 is 0 Å². The highest BCUT2D eigenvalue weighted by Gasteiger charge is 2.74. The number of hydrogen-bond donors (Lipinski definition) is 0. The number of rotatable bonds is 15. The fraction of sp³-hybridized carbons (Fsp3) is 0.426. The Morgan fingerprint density at radius 1 is 0.221 bits per heavy atom. The predicted molar refractivity (Wildman–Crippen MR) is 566 cm³/mol.